The lowest BCUT2D eigenvalue weighted by atomic mass is 10.1. The second-order valence-electron chi connectivity index (χ2n) is 5.74. The Morgan fingerprint density at radius 3 is 2.44 bits per heavy atom. The van der Waals surface area contributed by atoms with Gasteiger partial charge in [0.15, 0.2) is 0 Å². The first-order valence-corrected chi connectivity index (χ1v) is 10.9. The number of primary sulfonamides is 1. The highest BCUT2D eigenvalue weighted by atomic mass is 35.5. The number of nitrogens with zero attached hydrogens (tertiary/aromatic N) is 1. The summed E-state index contributed by atoms with van der Waals surface area (Å²) >= 11 is 12.0. The van der Waals surface area contributed by atoms with Gasteiger partial charge in [0.1, 0.15) is 4.90 Å². The summed E-state index contributed by atoms with van der Waals surface area (Å²) in [6.45, 7) is 1.73. The van der Waals surface area contributed by atoms with Crippen LogP contribution in [-0.4, -0.2) is 22.9 Å². The molecule has 0 amide bonds. The fourth-order valence-corrected chi connectivity index (χ4v) is 5.91. The van der Waals surface area contributed by atoms with Gasteiger partial charge in [-0.15, -0.1) is 0 Å². The van der Waals surface area contributed by atoms with E-state index in [9.17, 15) is 16.8 Å². The van der Waals surface area contributed by atoms with Crippen molar-refractivity contribution in [2.24, 2.45) is 5.14 Å². The molecule has 25 heavy (non-hydrogen) atoms. The van der Waals surface area contributed by atoms with Crippen molar-refractivity contribution < 1.29 is 16.8 Å². The molecule has 0 spiro atoms. The topological polar surface area (TPSA) is 97.5 Å². The first-order valence-electron chi connectivity index (χ1n) is 7.17. The lowest BCUT2D eigenvalue weighted by Gasteiger charge is -2.25. The van der Waals surface area contributed by atoms with Crippen molar-refractivity contribution >= 4 is 48.9 Å². The molecule has 2 N–H and O–H groups in total. The van der Waals surface area contributed by atoms with Crippen molar-refractivity contribution in [3.05, 3.63) is 52.0 Å². The third-order valence-electron chi connectivity index (χ3n) is 3.99. The van der Waals surface area contributed by atoms with Crippen LogP contribution < -0.4 is 9.44 Å². The zero-order valence-corrected chi connectivity index (χ0v) is 16.1. The standard InChI is InChI=1S/C15H14Cl2N2O4S2/c1-9-7-10-8-11(24(18,20)21)5-6-13(10)19(9)25(22,23)14-4-2-3-12(16)15(14)17/h2-6,8-9H,7H2,1H3,(H2,18,20,21). The highest BCUT2D eigenvalue weighted by Gasteiger charge is 2.37. The summed E-state index contributed by atoms with van der Waals surface area (Å²) in [5, 5.41) is 5.23. The molecule has 1 atom stereocenters. The molecule has 10 heteroatoms. The Morgan fingerprint density at radius 2 is 1.80 bits per heavy atom. The number of hydrogen-bond donors (Lipinski definition) is 1. The van der Waals surface area contributed by atoms with Gasteiger partial charge in [0, 0.05) is 6.04 Å². The molecule has 3 rings (SSSR count). The molecule has 1 heterocycles. The Balaban J connectivity index is 2.15. The van der Waals surface area contributed by atoms with Crippen LogP contribution in [-0.2, 0) is 26.5 Å². The second kappa shape index (κ2) is 6.14. The third kappa shape index (κ3) is 3.13. The number of nitrogens with two attached hydrogens (primary N) is 1. The first kappa shape index (κ1) is 18.5. The highest BCUT2D eigenvalue weighted by molar-refractivity contribution is 7.93. The van der Waals surface area contributed by atoms with Gasteiger partial charge >= 0.3 is 0 Å². The van der Waals surface area contributed by atoms with Gasteiger partial charge in [-0.25, -0.2) is 22.0 Å². The average Bonchev–Trinajstić information content (AvgIpc) is 2.84. The number of hydrogen-bond acceptors (Lipinski definition) is 4. The highest BCUT2D eigenvalue weighted by Crippen LogP contribution is 2.40. The minimum atomic E-state index is -3.97. The molecule has 1 aliphatic heterocycles. The van der Waals surface area contributed by atoms with E-state index in [1.54, 1.807) is 6.92 Å². The van der Waals surface area contributed by atoms with Crippen molar-refractivity contribution in [3.8, 4) is 0 Å². The number of benzene rings is 2. The van der Waals surface area contributed by atoms with E-state index in [-0.39, 0.29) is 19.8 Å². The van der Waals surface area contributed by atoms with E-state index >= 15 is 0 Å². The van der Waals surface area contributed by atoms with Crippen LogP contribution in [0.1, 0.15) is 12.5 Å². The van der Waals surface area contributed by atoms with E-state index in [1.807, 2.05) is 0 Å². The van der Waals surface area contributed by atoms with Crippen molar-refractivity contribution in [2.45, 2.75) is 29.2 Å². The summed E-state index contributed by atoms with van der Waals surface area (Å²) in [6, 6.07) is 8.10. The van der Waals surface area contributed by atoms with Crippen molar-refractivity contribution in [2.75, 3.05) is 4.31 Å². The van der Waals surface area contributed by atoms with Gasteiger partial charge in [-0.2, -0.15) is 0 Å². The van der Waals surface area contributed by atoms with Crippen LogP contribution in [0.2, 0.25) is 10.0 Å². The van der Waals surface area contributed by atoms with Crippen LogP contribution in [0, 0.1) is 0 Å². The van der Waals surface area contributed by atoms with Crippen LogP contribution in [0.5, 0.6) is 0 Å². The maximum atomic E-state index is 13.1. The third-order valence-corrected chi connectivity index (χ3v) is 7.80. The molecule has 1 unspecified atom stereocenters. The molecule has 0 saturated carbocycles. The van der Waals surface area contributed by atoms with Gasteiger partial charge in [0.25, 0.3) is 10.0 Å². The molecule has 134 valence electrons. The fraction of sp³-hybridized carbons (Fsp3) is 0.200. The van der Waals surface area contributed by atoms with Crippen LogP contribution >= 0.6 is 23.2 Å². The Hall–Kier alpha value is -1.32. The zero-order valence-electron chi connectivity index (χ0n) is 13.0. The van der Waals surface area contributed by atoms with E-state index in [0.717, 1.165) is 0 Å². The van der Waals surface area contributed by atoms with Crippen molar-refractivity contribution in [3.63, 3.8) is 0 Å². The largest absolute Gasteiger partial charge is 0.266 e. The summed E-state index contributed by atoms with van der Waals surface area (Å²) < 4.78 is 50.5. The maximum absolute atomic E-state index is 13.1. The monoisotopic (exact) mass is 420 g/mol. The van der Waals surface area contributed by atoms with Gasteiger partial charge in [-0.1, -0.05) is 29.3 Å². The van der Waals surface area contributed by atoms with Crippen LogP contribution in [0.4, 0.5) is 5.69 Å². The minimum Gasteiger partial charge on any atom is -0.263 e. The second-order valence-corrected chi connectivity index (χ2v) is 9.87. The zero-order chi connectivity index (χ0) is 18.6. The van der Waals surface area contributed by atoms with Gasteiger partial charge in [0.05, 0.1) is 20.6 Å². The van der Waals surface area contributed by atoms with Gasteiger partial charge < -0.3 is 0 Å². The summed E-state index contributed by atoms with van der Waals surface area (Å²) in [6.07, 6.45) is 0.357. The number of anilines is 1. The molecular formula is C15H14Cl2N2O4S2. The Bertz CT molecular complexity index is 1070. The fourth-order valence-electron chi connectivity index (χ4n) is 2.91. The lowest BCUT2D eigenvalue weighted by Crippen LogP contribution is -2.35. The average molecular weight is 421 g/mol. The summed E-state index contributed by atoms with van der Waals surface area (Å²) in [5.74, 6) is 0. The molecule has 0 radical (unpaired) electrons. The summed E-state index contributed by atoms with van der Waals surface area (Å²) in [5.41, 5.74) is 0.983. The lowest BCUT2D eigenvalue weighted by molar-refractivity contribution is 0.584. The number of fused-ring (bicyclic) bond motifs is 1. The number of sulfonamides is 2. The van der Waals surface area contributed by atoms with Crippen molar-refractivity contribution in [1.29, 1.82) is 0 Å². The van der Waals surface area contributed by atoms with Crippen LogP contribution in [0.25, 0.3) is 0 Å². The molecule has 2 aromatic rings. The molecule has 0 aliphatic carbocycles. The molecule has 2 aromatic carbocycles. The van der Waals surface area contributed by atoms with E-state index in [4.69, 9.17) is 28.3 Å². The normalized spacial score (nSPS) is 17.6. The molecule has 0 saturated heterocycles. The van der Waals surface area contributed by atoms with Gasteiger partial charge in [0.2, 0.25) is 10.0 Å². The number of halogens is 2. The molecule has 1 aliphatic rings. The summed E-state index contributed by atoms with van der Waals surface area (Å²) in [7, 11) is -7.83. The molecule has 0 bridgehead atoms. The molecular weight excluding hydrogens is 407 g/mol. The maximum Gasteiger partial charge on any atom is 0.266 e. The van der Waals surface area contributed by atoms with Crippen LogP contribution in [0.3, 0.4) is 0 Å². The Kier molecular flexibility index (Phi) is 4.53. The van der Waals surface area contributed by atoms with E-state index < -0.39 is 26.1 Å². The van der Waals surface area contributed by atoms with E-state index in [0.29, 0.717) is 17.7 Å². The van der Waals surface area contributed by atoms with Crippen LogP contribution in [0.15, 0.2) is 46.2 Å². The summed E-state index contributed by atoms with van der Waals surface area (Å²) in [4.78, 5) is -0.157. The predicted molar refractivity (Wildman–Crippen MR) is 97.1 cm³/mol. The van der Waals surface area contributed by atoms with Gasteiger partial charge in [-0.05, 0) is 49.2 Å². The SMILES string of the molecule is CC1Cc2cc(S(N)(=O)=O)ccc2N1S(=O)(=O)c1cccc(Cl)c1Cl. The molecule has 0 fully saturated rings. The quantitative estimate of drug-likeness (QED) is 0.824. The van der Waals surface area contributed by atoms with Gasteiger partial charge in [-0.3, -0.25) is 4.31 Å². The van der Waals surface area contributed by atoms with Crippen molar-refractivity contribution in [1.82, 2.24) is 0 Å². The van der Waals surface area contributed by atoms with E-state index in [2.05, 4.69) is 0 Å². The van der Waals surface area contributed by atoms with E-state index in [1.165, 1.54) is 40.7 Å². The first-order chi connectivity index (χ1) is 11.5. The number of rotatable bonds is 3. The molecule has 0 aromatic heterocycles. The smallest absolute Gasteiger partial charge is 0.263 e. The Labute approximate surface area is 156 Å². The predicted octanol–water partition coefficient (Wildman–Crippen LogP) is 2.78. The molecule has 6 nitrogen and oxygen atoms in total. The Morgan fingerprint density at radius 1 is 1.12 bits per heavy atom. The minimum absolute atomic E-state index is 0.0500.